The lowest BCUT2D eigenvalue weighted by atomic mass is 9.87. The number of hydrogen-bond acceptors (Lipinski definition) is 7. The molecule has 0 aromatic rings. The summed E-state index contributed by atoms with van der Waals surface area (Å²) >= 11 is 0. The molecular formula is C32H54O8. The molecule has 8 heteroatoms. The summed E-state index contributed by atoms with van der Waals surface area (Å²) in [6.45, 7) is 5.91. The maximum atomic E-state index is 12.9. The third kappa shape index (κ3) is 11.9. The SMILES string of the molecule is CCCC[C@H](C)C[C@H](/C=C/[C@@H]1[C@@H](CC(=O)CCCCC(=O)O)[C@@H](O)C[C@H]1OC1CCCCO1)OC1CCCCO1. The van der Waals surface area contributed by atoms with Gasteiger partial charge >= 0.3 is 5.97 Å². The molecule has 2 heterocycles. The Morgan fingerprint density at radius 2 is 1.70 bits per heavy atom. The van der Waals surface area contributed by atoms with Gasteiger partial charge in [0.25, 0.3) is 0 Å². The first-order valence-corrected chi connectivity index (χ1v) is 16.0. The highest BCUT2D eigenvalue weighted by Gasteiger charge is 2.44. The number of ether oxygens (including phenoxy) is 4. The zero-order valence-corrected chi connectivity index (χ0v) is 24.8. The number of rotatable bonds is 18. The molecule has 2 unspecified atom stereocenters. The highest BCUT2D eigenvalue weighted by Crippen LogP contribution is 2.40. The number of carbonyl (C=O) groups is 2. The van der Waals surface area contributed by atoms with E-state index in [1.54, 1.807) is 0 Å². The Hall–Kier alpha value is -1.32. The second-order valence-electron chi connectivity index (χ2n) is 12.2. The number of aliphatic hydroxyl groups is 1. The summed E-state index contributed by atoms with van der Waals surface area (Å²) in [5, 5.41) is 20.0. The Balaban J connectivity index is 1.71. The largest absolute Gasteiger partial charge is 0.481 e. The second-order valence-corrected chi connectivity index (χ2v) is 12.2. The third-order valence-electron chi connectivity index (χ3n) is 8.61. The van der Waals surface area contributed by atoms with Gasteiger partial charge in [0, 0.05) is 50.7 Å². The molecule has 230 valence electrons. The van der Waals surface area contributed by atoms with Gasteiger partial charge in [-0.25, -0.2) is 0 Å². The average Bonchev–Trinajstić information content (AvgIpc) is 3.22. The highest BCUT2D eigenvalue weighted by molar-refractivity contribution is 5.78. The van der Waals surface area contributed by atoms with Crippen molar-refractivity contribution in [3.63, 3.8) is 0 Å². The number of carboxylic acid groups (broad SMARTS) is 1. The van der Waals surface area contributed by atoms with Gasteiger partial charge in [0.05, 0.1) is 18.3 Å². The minimum atomic E-state index is -0.840. The van der Waals surface area contributed by atoms with E-state index >= 15 is 0 Å². The number of ketones is 1. The molecule has 0 bridgehead atoms. The number of aliphatic hydroxyl groups excluding tert-OH is 1. The van der Waals surface area contributed by atoms with Crippen LogP contribution in [0.3, 0.4) is 0 Å². The smallest absolute Gasteiger partial charge is 0.303 e. The standard InChI is InChI=1S/C32H54O8/c1-3-4-11-23(2)20-25(39-31-14-7-9-18-37-31)16-17-26-27(21-24(33)12-5-6-13-30(35)36)28(34)22-29(26)40-32-15-8-10-19-38-32/h16-17,23,25-29,31-32,34H,3-15,18-22H2,1-2H3,(H,35,36)/b17-16+/t23-,25-,26+,27+,28-,29+,31?,32?/m0/s1. The minimum Gasteiger partial charge on any atom is -0.481 e. The van der Waals surface area contributed by atoms with E-state index in [0.29, 0.717) is 38.2 Å². The van der Waals surface area contributed by atoms with Crippen LogP contribution in [0.25, 0.3) is 0 Å². The topological polar surface area (TPSA) is 112 Å². The summed E-state index contributed by atoms with van der Waals surface area (Å²) in [5.41, 5.74) is 0. The number of aliphatic carboxylic acids is 1. The molecule has 0 radical (unpaired) electrons. The lowest BCUT2D eigenvalue weighted by Gasteiger charge is -2.30. The van der Waals surface area contributed by atoms with E-state index < -0.39 is 12.1 Å². The highest BCUT2D eigenvalue weighted by atomic mass is 16.7. The lowest BCUT2D eigenvalue weighted by Crippen LogP contribution is -2.32. The lowest BCUT2D eigenvalue weighted by molar-refractivity contribution is -0.193. The molecule has 0 amide bonds. The van der Waals surface area contributed by atoms with Crippen molar-refractivity contribution in [1.29, 1.82) is 0 Å². The van der Waals surface area contributed by atoms with Crippen molar-refractivity contribution in [3.05, 3.63) is 12.2 Å². The van der Waals surface area contributed by atoms with Crippen LogP contribution in [0.15, 0.2) is 12.2 Å². The van der Waals surface area contributed by atoms with Crippen molar-refractivity contribution in [2.24, 2.45) is 17.8 Å². The fourth-order valence-electron chi connectivity index (χ4n) is 6.28. The Labute approximate surface area is 241 Å². The molecule has 0 aromatic carbocycles. The van der Waals surface area contributed by atoms with Crippen LogP contribution in [0.2, 0.25) is 0 Å². The molecule has 2 saturated heterocycles. The Bertz CT molecular complexity index is 758. The van der Waals surface area contributed by atoms with Gasteiger partial charge in [-0.1, -0.05) is 45.3 Å². The van der Waals surface area contributed by atoms with E-state index in [9.17, 15) is 14.7 Å². The quantitative estimate of drug-likeness (QED) is 0.149. The molecule has 1 aliphatic carbocycles. The van der Waals surface area contributed by atoms with Crippen molar-refractivity contribution in [2.75, 3.05) is 13.2 Å². The van der Waals surface area contributed by atoms with Crippen LogP contribution < -0.4 is 0 Å². The predicted octanol–water partition coefficient (Wildman–Crippen LogP) is 6.18. The van der Waals surface area contributed by atoms with Crippen LogP contribution in [-0.4, -0.2) is 66.1 Å². The molecule has 3 rings (SSSR count). The summed E-state index contributed by atoms with van der Waals surface area (Å²) in [7, 11) is 0. The van der Waals surface area contributed by atoms with Gasteiger partial charge in [-0.3, -0.25) is 9.59 Å². The summed E-state index contributed by atoms with van der Waals surface area (Å²) < 4.78 is 24.6. The zero-order valence-electron chi connectivity index (χ0n) is 24.8. The Morgan fingerprint density at radius 1 is 1.00 bits per heavy atom. The fraction of sp³-hybridized carbons (Fsp3) is 0.875. The van der Waals surface area contributed by atoms with Gasteiger partial charge in [-0.05, 0) is 63.7 Å². The molecule has 8 atom stereocenters. The Morgan fingerprint density at radius 3 is 2.35 bits per heavy atom. The van der Waals surface area contributed by atoms with Crippen LogP contribution in [0.1, 0.15) is 117 Å². The van der Waals surface area contributed by atoms with Gasteiger partial charge in [-0.2, -0.15) is 0 Å². The summed E-state index contributed by atoms with van der Waals surface area (Å²) in [4.78, 5) is 23.7. The average molecular weight is 567 g/mol. The van der Waals surface area contributed by atoms with Gasteiger partial charge in [0.1, 0.15) is 5.78 Å². The minimum absolute atomic E-state index is 0.0685. The number of carbonyl (C=O) groups excluding carboxylic acids is 1. The molecule has 3 fully saturated rings. The number of Topliss-reactive ketones (excluding diaryl/α,β-unsaturated/α-hetero) is 1. The van der Waals surface area contributed by atoms with E-state index in [0.717, 1.165) is 58.0 Å². The maximum Gasteiger partial charge on any atom is 0.303 e. The van der Waals surface area contributed by atoms with Crippen LogP contribution in [0, 0.1) is 17.8 Å². The number of carboxylic acids is 1. The molecule has 40 heavy (non-hydrogen) atoms. The molecule has 8 nitrogen and oxygen atoms in total. The molecule has 2 N–H and O–H groups in total. The molecule has 2 aliphatic heterocycles. The Kier molecular flexibility index (Phi) is 15.2. The number of hydrogen-bond donors (Lipinski definition) is 2. The first-order chi connectivity index (χ1) is 19.4. The summed E-state index contributed by atoms with van der Waals surface area (Å²) in [6.07, 6.45) is 15.4. The van der Waals surface area contributed by atoms with Gasteiger partial charge in [0.15, 0.2) is 12.6 Å². The molecule has 1 saturated carbocycles. The monoisotopic (exact) mass is 566 g/mol. The zero-order chi connectivity index (χ0) is 28.7. The summed E-state index contributed by atoms with van der Waals surface area (Å²) in [6, 6.07) is 0. The van der Waals surface area contributed by atoms with Crippen LogP contribution in [-0.2, 0) is 28.5 Å². The van der Waals surface area contributed by atoms with Crippen LogP contribution in [0.4, 0.5) is 0 Å². The number of unbranched alkanes of at least 4 members (excludes halogenated alkanes) is 2. The second kappa shape index (κ2) is 18.3. The van der Waals surface area contributed by atoms with Crippen LogP contribution in [0.5, 0.6) is 0 Å². The fourth-order valence-corrected chi connectivity index (χ4v) is 6.28. The van der Waals surface area contributed by atoms with E-state index in [4.69, 9.17) is 24.1 Å². The van der Waals surface area contributed by atoms with Gasteiger partial charge < -0.3 is 29.2 Å². The van der Waals surface area contributed by atoms with Crippen molar-refractivity contribution >= 4 is 11.8 Å². The van der Waals surface area contributed by atoms with Crippen LogP contribution >= 0.6 is 0 Å². The van der Waals surface area contributed by atoms with Crippen molar-refractivity contribution in [3.8, 4) is 0 Å². The first-order valence-electron chi connectivity index (χ1n) is 16.0. The molecule has 0 spiro atoms. The summed E-state index contributed by atoms with van der Waals surface area (Å²) in [5.74, 6) is -0.640. The first kappa shape index (κ1) is 33.2. The third-order valence-corrected chi connectivity index (χ3v) is 8.61. The van der Waals surface area contributed by atoms with Crippen molar-refractivity contribution in [1.82, 2.24) is 0 Å². The van der Waals surface area contributed by atoms with Gasteiger partial charge in [-0.15, -0.1) is 0 Å². The normalized spacial score (nSPS) is 30.9. The molecule has 3 aliphatic rings. The van der Waals surface area contributed by atoms with E-state index in [1.165, 1.54) is 12.8 Å². The predicted molar refractivity (Wildman–Crippen MR) is 153 cm³/mol. The van der Waals surface area contributed by atoms with Crippen molar-refractivity contribution in [2.45, 2.75) is 147 Å². The molecular weight excluding hydrogens is 512 g/mol. The van der Waals surface area contributed by atoms with E-state index in [1.807, 2.05) is 0 Å². The van der Waals surface area contributed by atoms with E-state index in [2.05, 4.69) is 26.0 Å². The molecule has 0 aromatic heterocycles. The van der Waals surface area contributed by atoms with Gasteiger partial charge in [0.2, 0.25) is 0 Å². The van der Waals surface area contributed by atoms with Crippen molar-refractivity contribution < 1.29 is 38.7 Å². The van der Waals surface area contributed by atoms with E-state index in [-0.39, 0.29) is 55.2 Å². The maximum absolute atomic E-state index is 12.9.